The molecule has 1 aliphatic carbocycles. The van der Waals surface area contributed by atoms with Crippen molar-refractivity contribution in [3.63, 3.8) is 0 Å². The van der Waals surface area contributed by atoms with Gasteiger partial charge in [0.25, 0.3) is 0 Å². The number of carbonyl (C=O) groups is 1. The SMILES string of the molecule is COc1ccc2c(O[C@H]3C[C@H](N)[C@H](C(=O)O)C3)cc(-c3ccccc3)nc2c1. The Balaban J connectivity index is 1.75. The summed E-state index contributed by atoms with van der Waals surface area (Å²) in [7, 11) is 1.62. The quantitative estimate of drug-likeness (QED) is 0.706. The number of ether oxygens (including phenoxy) is 2. The summed E-state index contributed by atoms with van der Waals surface area (Å²) in [5.41, 5.74) is 8.52. The molecule has 1 heterocycles. The Bertz CT molecular complexity index is 1010. The molecule has 6 nitrogen and oxygen atoms in total. The Morgan fingerprint density at radius 2 is 1.93 bits per heavy atom. The molecule has 1 aromatic heterocycles. The first kappa shape index (κ1) is 18.3. The minimum atomic E-state index is -0.868. The average molecular weight is 378 g/mol. The first-order chi connectivity index (χ1) is 13.5. The van der Waals surface area contributed by atoms with Crippen LogP contribution in [0, 0.1) is 5.92 Å². The number of pyridine rings is 1. The van der Waals surface area contributed by atoms with Crippen molar-refractivity contribution in [1.29, 1.82) is 0 Å². The Morgan fingerprint density at radius 3 is 2.61 bits per heavy atom. The molecule has 3 aromatic rings. The van der Waals surface area contributed by atoms with Gasteiger partial charge in [0.05, 0.1) is 24.2 Å². The predicted octanol–water partition coefficient (Wildman–Crippen LogP) is 3.48. The van der Waals surface area contributed by atoms with Crippen molar-refractivity contribution in [3.05, 3.63) is 54.6 Å². The van der Waals surface area contributed by atoms with E-state index in [-0.39, 0.29) is 6.10 Å². The number of aliphatic carboxylic acids is 1. The highest BCUT2D eigenvalue weighted by Gasteiger charge is 2.38. The number of hydrogen-bond donors (Lipinski definition) is 2. The fraction of sp³-hybridized carbons (Fsp3) is 0.273. The van der Waals surface area contributed by atoms with Crippen LogP contribution in [0.1, 0.15) is 12.8 Å². The molecule has 0 aliphatic heterocycles. The van der Waals surface area contributed by atoms with Gasteiger partial charge >= 0.3 is 5.97 Å². The third-order valence-corrected chi connectivity index (χ3v) is 5.23. The van der Waals surface area contributed by atoms with Crippen molar-refractivity contribution < 1.29 is 19.4 Å². The zero-order chi connectivity index (χ0) is 19.7. The van der Waals surface area contributed by atoms with Gasteiger partial charge in [-0.25, -0.2) is 4.98 Å². The third-order valence-electron chi connectivity index (χ3n) is 5.23. The fourth-order valence-electron chi connectivity index (χ4n) is 3.74. The number of rotatable bonds is 5. The topological polar surface area (TPSA) is 94.7 Å². The van der Waals surface area contributed by atoms with E-state index in [1.807, 2.05) is 54.6 Å². The van der Waals surface area contributed by atoms with E-state index in [4.69, 9.17) is 20.2 Å². The Morgan fingerprint density at radius 1 is 1.14 bits per heavy atom. The molecule has 4 rings (SSSR count). The van der Waals surface area contributed by atoms with E-state index in [0.717, 1.165) is 22.2 Å². The highest BCUT2D eigenvalue weighted by atomic mass is 16.5. The molecule has 3 atom stereocenters. The van der Waals surface area contributed by atoms with E-state index >= 15 is 0 Å². The maximum Gasteiger partial charge on any atom is 0.308 e. The van der Waals surface area contributed by atoms with Gasteiger partial charge in [-0.15, -0.1) is 0 Å². The molecule has 6 heteroatoms. The standard InChI is InChI=1S/C22H22N2O4/c1-27-14-7-8-16-20(11-14)24-19(13-5-3-2-4-6-13)12-21(16)28-15-9-17(22(25)26)18(23)10-15/h2-8,11-12,15,17-18H,9-10,23H2,1H3,(H,25,26)/t15-,17-,18+/m1/s1. The molecular weight excluding hydrogens is 356 g/mol. The van der Waals surface area contributed by atoms with Crippen molar-refractivity contribution in [2.45, 2.75) is 25.0 Å². The molecule has 0 spiro atoms. The van der Waals surface area contributed by atoms with Gasteiger partial charge in [-0.1, -0.05) is 30.3 Å². The van der Waals surface area contributed by atoms with Gasteiger partial charge in [0.15, 0.2) is 0 Å². The monoisotopic (exact) mass is 378 g/mol. The lowest BCUT2D eigenvalue weighted by atomic mass is 10.1. The number of carboxylic acid groups (broad SMARTS) is 1. The van der Waals surface area contributed by atoms with Gasteiger partial charge in [-0.3, -0.25) is 4.79 Å². The van der Waals surface area contributed by atoms with Crippen LogP contribution < -0.4 is 15.2 Å². The molecule has 1 aliphatic rings. The summed E-state index contributed by atoms with van der Waals surface area (Å²) in [5.74, 6) is -0.0561. The predicted molar refractivity (Wildman–Crippen MR) is 106 cm³/mol. The molecule has 0 unspecified atom stereocenters. The van der Waals surface area contributed by atoms with Crippen molar-refractivity contribution in [1.82, 2.24) is 4.98 Å². The first-order valence-corrected chi connectivity index (χ1v) is 9.24. The number of hydrogen-bond acceptors (Lipinski definition) is 5. The molecule has 28 heavy (non-hydrogen) atoms. The van der Waals surface area contributed by atoms with Crippen molar-refractivity contribution in [2.75, 3.05) is 7.11 Å². The molecule has 0 amide bonds. The number of fused-ring (bicyclic) bond motifs is 1. The van der Waals surface area contributed by atoms with E-state index in [1.165, 1.54) is 0 Å². The van der Waals surface area contributed by atoms with E-state index in [2.05, 4.69) is 0 Å². The van der Waals surface area contributed by atoms with E-state index in [0.29, 0.717) is 24.3 Å². The summed E-state index contributed by atoms with van der Waals surface area (Å²) in [6.07, 6.45) is 0.668. The van der Waals surface area contributed by atoms with Crippen LogP contribution in [-0.4, -0.2) is 35.3 Å². The van der Waals surface area contributed by atoms with Crippen LogP contribution in [-0.2, 0) is 4.79 Å². The van der Waals surface area contributed by atoms with Gasteiger partial charge < -0.3 is 20.3 Å². The number of carboxylic acids is 1. The number of aromatic nitrogens is 1. The van der Waals surface area contributed by atoms with Gasteiger partial charge in [-0.05, 0) is 18.6 Å². The summed E-state index contributed by atoms with van der Waals surface area (Å²) in [6.45, 7) is 0. The van der Waals surface area contributed by atoms with Crippen LogP contribution in [0.25, 0.3) is 22.2 Å². The second-order valence-electron chi connectivity index (χ2n) is 7.07. The first-order valence-electron chi connectivity index (χ1n) is 9.24. The van der Waals surface area contributed by atoms with Crippen LogP contribution in [0.5, 0.6) is 11.5 Å². The van der Waals surface area contributed by atoms with Gasteiger partial charge in [0.2, 0.25) is 0 Å². The summed E-state index contributed by atoms with van der Waals surface area (Å²) >= 11 is 0. The minimum absolute atomic E-state index is 0.243. The molecule has 144 valence electrons. The van der Waals surface area contributed by atoms with E-state index in [9.17, 15) is 9.90 Å². The lowest BCUT2D eigenvalue weighted by molar-refractivity contribution is -0.142. The molecule has 0 saturated heterocycles. The molecule has 1 saturated carbocycles. The minimum Gasteiger partial charge on any atom is -0.497 e. The lowest BCUT2D eigenvalue weighted by Crippen LogP contribution is -2.30. The second-order valence-corrected chi connectivity index (χ2v) is 7.07. The Hall–Kier alpha value is -3.12. The maximum absolute atomic E-state index is 11.4. The van der Waals surface area contributed by atoms with Crippen molar-refractivity contribution in [3.8, 4) is 22.8 Å². The number of benzene rings is 2. The van der Waals surface area contributed by atoms with Crippen LogP contribution in [0.15, 0.2) is 54.6 Å². The van der Waals surface area contributed by atoms with E-state index in [1.54, 1.807) is 7.11 Å². The van der Waals surface area contributed by atoms with Crippen LogP contribution in [0.4, 0.5) is 0 Å². The smallest absolute Gasteiger partial charge is 0.308 e. The van der Waals surface area contributed by atoms with Crippen molar-refractivity contribution in [2.24, 2.45) is 11.7 Å². The normalized spacial score (nSPS) is 21.6. The number of methoxy groups -OCH3 is 1. The molecule has 1 fully saturated rings. The third kappa shape index (κ3) is 3.51. The molecule has 0 radical (unpaired) electrons. The van der Waals surface area contributed by atoms with Crippen LogP contribution >= 0.6 is 0 Å². The molecular formula is C22H22N2O4. The zero-order valence-electron chi connectivity index (χ0n) is 15.5. The van der Waals surface area contributed by atoms with Gasteiger partial charge in [0, 0.05) is 35.5 Å². The largest absolute Gasteiger partial charge is 0.497 e. The fourth-order valence-corrected chi connectivity index (χ4v) is 3.74. The lowest BCUT2D eigenvalue weighted by Gasteiger charge is -2.17. The summed E-state index contributed by atoms with van der Waals surface area (Å²) in [6, 6.07) is 17.0. The van der Waals surface area contributed by atoms with Crippen molar-refractivity contribution >= 4 is 16.9 Å². The molecule has 3 N–H and O–H groups in total. The maximum atomic E-state index is 11.4. The summed E-state index contributed by atoms with van der Waals surface area (Å²) in [4.78, 5) is 16.1. The molecule has 0 bridgehead atoms. The van der Waals surface area contributed by atoms with E-state index < -0.39 is 17.9 Å². The Labute approximate surface area is 162 Å². The molecule has 2 aromatic carbocycles. The van der Waals surface area contributed by atoms with Crippen LogP contribution in [0.3, 0.4) is 0 Å². The second kappa shape index (κ2) is 7.48. The number of nitrogens with zero attached hydrogens (tertiary/aromatic N) is 1. The highest BCUT2D eigenvalue weighted by molar-refractivity contribution is 5.89. The van der Waals surface area contributed by atoms with Crippen LogP contribution in [0.2, 0.25) is 0 Å². The van der Waals surface area contributed by atoms with Gasteiger partial charge in [0.1, 0.15) is 17.6 Å². The summed E-state index contributed by atoms with van der Waals surface area (Å²) < 4.78 is 11.6. The number of nitrogens with two attached hydrogens (primary N) is 1. The Kier molecular flexibility index (Phi) is 4.88. The zero-order valence-corrected chi connectivity index (χ0v) is 15.5. The summed E-state index contributed by atoms with van der Waals surface area (Å²) in [5, 5.41) is 10.2. The average Bonchev–Trinajstić information content (AvgIpc) is 3.08. The van der Waals surface area contributed by atoms with Gasteiger partial charge in [-0.2, -0.15) is 0 Å². The highest BCUT2D eigenvalue weighted by Crippen LogP contribution is 2.35.